The van der Waals surface area contributed by atoms with Gasteiger partial charge in [0, 0.05) is 36.2 Å². The van der Waals surface area contributed by atoms with Gasteiger partial charge in [-0.15, -0.1) is 0 Å². The number of aliphatic hydroxyl groups is 1. The molecule has 2 fully saturated rings. The first-order chi connectivity index (χ1) is 11.0. The van der Waals surface area contributed by atoms with Crippen LogP contribution >= 0.6 is 0 Å². The fourth-order valence-corrected chi connectivity index (χ4v) is 3.06. The molecule has 23 heavy (non-hydrogen) atoms. The molecule has 0 spiro atoms. The van der Waals surface area contributed by atoms with E-state index in [1.807, 2.05) is 4.90 Å². The number of amides is 2. The molecule has 1 saturated carbocycles. The first kappa shape index (κ1) is 16.0. The number of carbonyl (C=O) groups is 2. The lowest BCUT2D eigenvalue weighted by Crippen LogP contribution is -2.42. The van der Waals surface area contributed by atoms with Crippen molar-refractivity contribution in [2.45, 2.75) is 38.7 Å². The summed E-state index contributed by atoms with van der Waals surface area (Å²) in [6.07, 6.45) is 3.46. The van der Waals surface area contributed by atoms with Gasteiger partial charge in [0.15, 0.2) is 0 Å². The molecule has 5 heteroatoms. The van der Waals surface area contributed by atoms with E-state index < -0.39 is 0 Å². The standard InChI is InChI=1S/C18H24N2O3/c1-12(21)15-3-2-10-20(11-15)18(23)14-6-8-16(9-7-14)19-17(22)13-4-5-13/h6-9,12-13,15,21H,2-5,10-11H2,1H3,(H,19,22). The summed E-state index contributed by atoms with van der Waals surface area (Å²) in [4.78, 5) is 26.1. The number of anilines is 1. The van der Waals surface area contributed by atoms with Gasteiger partial charge < -0.3 is 15.3 Å². The van der Waals surface area contributed by atoms with Crippen molar-refractivity contribution in [2.75, 3.05) is 18.4 Å². The number of nitrogens with one attached hydrogen (secondary N) is 1. The summed E-state index contributed by atoms with van der Waals surface area (Å²) >= 11 is 0. The first-order valence-corrected chi connectivity index (χ1v) is 8.43. The fraction of sp³-hybridized carbons (Fsp3) is 0.556. The predicted molar refractivity (Wildman–Crippen MR) is 88.1 cm³/mol. The minimum absolute atomic E-state index is 0.00424. The Hall–Kier alpha value is -1.88. The van der Waals surface area contributed by atoms with Gasteiger partial charge in [0.1, 0.15) is 0 Å². The zero-order valence-corrected chi connectivity index (χ0v) is 13.5. The molecule has 0 aromatic heterocycles. The molecule has 1 aliphatic heterocycles. The topological polar surface area (TPSA) is 69.6 Å². The molecule has 0 bridgehead atoms. The van der Waals surface area contributed by atoms with E-state index >= 15 is 0 Å². The van der Waals surface area contributed by atoms with Gasteiger partial charge in [0.2, 0.25) is 5.91 Å². The highest BCUT2D eigenvalue weighted by Gasteiger charge is 2.30. The Morgan fingerprint density at radius 3 is 2.52 bits per heavy atom. The molecule has 1 aromatic rings. The molecule has 5 nitrogen and oxygen atoms in total. The molecular weight excluding hydrogens is 292 g/mol. The molecule has 2 unspecified atom stereocenters. The van der Waals surface area contributed by atoms with Crippen LogP contribution in [0.25, 0.3) is 0 Å². The van der Waals surface area contributed by atoms with E-state index in [0.29, 0.717) is 12.1 Å². The Morgan fingerprint density at radius 2 is 1.91 bits per heavy atom. The van der Waals surface area contributed by atoms with Gasteiger partial charge in [-0.25, -0.2) is 0 Å². The van der Waals surface area contributed by atoms with Gasteiger partial charge in [0.05, 0.1) is 6.10 Å². The molecule has 0 radical (unpaired) electrons. The van der Waals surface area contributed by atoms with Crippen LogP contribution in [0, 0.1) is 11.8 Å². The first-order valence-electron chi connectivity index (χ1n) is 8.43. The highest BCUT2D eigenvalue weighted by Crippen LogP contribution is 2.30. The van der Waals surface area contributed by atoms with Gasteiger partial charge in [-0.1, -0.05) is 0 Å². The number of piperidine rings is 1. The van der Waals surface area contributed by atoms with Crippen molar-refractivity contribution in [1.82, 2.24) is 4.90 Å². The van der Waals surface area contributed by atoms with E-state index in [1.54, 1.807) is 31.2 Å². The number of hydrogen-bond acceptors (Lipinski definition) is 3. The molecule has 1 saturated heterocycles. The maximum atomic E-state index is 12.6. The minimum Gasteiger partial charge on any atom is -0.393 e. The Balaban J connectivity index is 1.61. The molecule has 2 N–H and O–H groups in total. The van der Waals surface area contributed by atoms with Crippen molar-refractivity contribution in [1.29, 1.82) is 0 Å². The van der Waals surface area contributed by atoms with Gasteiger partial charge >= 0.3 is 0 Å². The highest BCUT2D eigenvalue weighted by molar-refractivity contribution is 5.96. The molecular formula is C18H24N2O3. The number of nitrogens with zero attached hydrogens (tertiary/aromatic N) is 1. The van der Waals surface area contributed by atoms with Crippen LogP contribution in [0.4, 0.5) is 5.69 Å². The zero-order valence-electron chi connectivity index (χ0n) is 13.5. The lowest BCUT2D eigenvalue weighted by atomic mass is 9.93. The Morgan fingerprint density at radius 1 is 1.22 bits per heavy atom. The number of aliphatic hydroxyl groups excluding tert-OH is 1. The van der Waals surface area contributed by atoms with Crippen LogP contribution in [-0.2, 0) is 4.79 Å². The molecule has 1 heterocycles. The third kappa shape index (κ3) is 3.91. The largest absolute Gasteiger partial charge is 0.393 e. The average Bonchev–Trinajstić information content (AvgIpc) is 3.40. The Kier molecular flexibility index (Phi) is 4.66. The minimum atomic E-state index is -0.384. The van der Waals surface area contributed by atoms with Crippen LogP contribution in [0.1, 0.15) is 43.0 Å². The van der Waals surface area contributed by atoms with Crippen LogP contribution in [0.2, 0.25) is 0 Å². The quantitative estimate of drug-likeness (QED) is 0.895. The molecule has 3 rings (SSSR count). The smallest absolute Gasteiger partial charge is 0.253 e. The van der Waals surface area contributed by atoms with Crippen LogP contribution < -0.4 is 5.32 Å². The van der Waals surface area contributed by atoms with Crippen LogP contribution in [0.3, 0.4) is 0 Å². The SMILES string of the molecule is CC(O)C1CCCN(C(=O)c2ccc(NC(=O)C3CC3)cc2)C1. The predicted octanol–water partition coefficient (Wildman–Crippen LogP) is 2.27. The monoisotopic (exact) mass is 316 g/mol. The summed E-state index contributed by atoms with van der Waals surface area (Å²) in [6.45, 7) is 3.13. The maximum absolute atomic E-state index is 12.6. The van der Waals surface area contributed by atoms with Crippen molar-refractivity contribution in [3.05, 3.63) is 29.8 Å². The van der Waals surface area contributed by atoms with Crippen molar-refractivity contribution >= 4 is 17.5 Å². The summed E-state index contributed by atoms with van der Waals surface area (Å²) < 4.78 is 0. The average molecular weight is 316 g/mol. The number of likely N-dealkylation sites (tertiary alicyclic amines) is 1. The lowest BCUT2D eigenvalue weighted by Gasteiger charge is -2.34. The number of carbonyl (C=O) groups excluding carboxylic acids is 2. The van der Waals surface area contributed by atoms with Crippen molar-refractivity contribution in [3.63, 3.8) is 0 Å². The van der Waals surface area contributed by atoms with E-state index in [-0.39, 0.29) is 29.8 Å². The second kappa shape index (κ2) is 6.71. The number of rotatable bonds is 4. The Labute approximate surface area is 136 Å². The van der Waals surface area contributed by atoms with E-state index in [2.05, 4.69) is 5.32 Å². The van der Waals surface area contributed by atoms with Gasteiger partial charge in [-0.3, -0.25) is 9.59 Å². The summed E-state index contributed by atoms with van der Waals surface area (Å²) in [6, 6.07) is 7.08. The van der Waals surface area contributed by atoms with Crippen LogP contribution in [0.15, 0.2) is 24.3 Å². The normalized spacial score (nSPS) is 22.5. The molecule has 2 atom stereocenters. The summed E-state index contributed by atoms with van der Waals surface area (Å²) in [5.41, 5.74) is 1.36. The van der Waals surface area contributed by atoms with Gasteiger partial charge in [-0.05, 0) is 56.9 Å². The van der Waals surface area contributed by atoms with Gasteiger partial charge in [0.25, 0.3) is 5.91 Å². The van der Waals surface area contributed by atoms with Crippen molar-refractivity contribution in [2.24, 2.45) is 11.8 Å². The lowest BCUT2D eigenvalue weighted by molar-refractivity contribution is -0.117. The van der Waals surface area contributed by atoms with Crippen LogP contribution in [-0.4, -0.2) is 41.0 Å². The van der Waals surface area contributed by atoms with E-state index in [4.69, 9.17) is 0 Å². The molecule has 1 aliphatic carbocycles. The van der Waals surface area contributed by atoms with Crippen molar-refractivity contribution < 1.29 is 14.7 Å². The van der Waals surface area contributed by atoms with Crippen LogP contribution in [0.5, 0.6) is 0 Å². The van der Waals surface area contributed by atoms with E-state index in [1.165, 1.54) is 0 Å². The summed E-state index contributed by atoms with van der Waals surface area (Å²) in [7, 11) is 0. The summed E-state index contributed by atoms with van der Waals surface area (Å²) in [5, 5.41) is 12.6. The zero-order chi connectivity index (χ0) is 16.4. The second-order valence-electron chi connectivity index (χ2n) is 6.73. The second-order valence-corrected chi connectivity index (χ2v) is 6.73. The number of hydrogen-bond donors (Lipinski definition) is 2. The molecule has 124 valence electrons. The number of benzene rings is 1. The highest BCUT2D eigenvalue weighted by atomic mass is 16.3. The Bertz CT molecular complexity index is 578. The third-order valence-electron chi connectivity index (χ3n) is 4.77. The molecule has 2 amide bonds. The maximum Gasteiger partial charge on any atom is 0.253 e. The molecule has 1 aromatic carbocycles. The van der Waals surface area contributed by atoms with Crippen molar-refractivity contribution in [3.8, 4) is 0 Å². The fourth-order valence-electron chi connectivity index (χ4n) is 3.06. The van der Waals surface area contributed by atoms with E-state index in [0.717, 1.165) is 37.9 Å². The third-order valence-corrected chi connectivity index (χ3v) is 4.77. The van der Waals surface area contributed by atoms with E-state index in [9.17, 15) is 14.7 Å². The molecule has 2 aliphatic rings. The van der Waals surface area contributed by atoms with Gasteiger partial charge in [-0.2, -0.15) is 0 Å². The summed E-state index contributed by atoms with van der Waals surface area (Å²) in [5.74, 6) is 0.391.